The summed E-state index contributed by atoms with van der Waals surface area (Å²) in [6, 6.07) is 7.92. The third kappa shape index (κ3) is 2.93. The molecule has 0 aliphatic carbocycles. The molecule has 0 spiro atoms. The predicted octanol–water partition coefficient (Wildman–Crippen LogP) is 2.10. The quantitative estimate of drug-likeness (QED) is 0.875. The van der Waals surface area contributed by atoms with Gasteiger partial charge in [-0.2, -0.15) is 5.10 Å². The van der Waals surface area contributed by atoms with Crippen molar-refractivity contribution in [3.63, 3.8) is 0 Å². The SMILES string of the molecule is Cn1cc(-c2ccc(CCC(=O)O)cc2)cn1. The summed E-state index contributed by atoms with van der Waals surface area (Å²) in [6.45, 7) is 0. The lowest BCUT2D eigenvalue weighted by atomic mass is 10.0. The Kier molecular flexibility index (Phi) is 3.23. The molecule has 2 rings (SSSR count). The zero-order chi connectivity index (χ0) is 12.3. The summed E-state index contributed by atoms with van der Waals surface area (Å²) in [6.07, 6.45) is 4.51. The summed E-state index contributed by atoms with van der Waals surface area (Å²) in [5.74, 6) is -0.763. The average molecular weight is 230 g/mol. The van der Waals surface area contributed by atoms with Crippen LogP contribution in [0.1, 0.15) is 12.0 Å². The second-order valence-electron chi connectivity index (χ2n) is 3.99. The van der Waals surface area contributed by atoms with Crippen molar-refractivity contribution in [3.05, 3.63) is 42.2 Å². The van der Waals surface area contributed by atoms with E-state index in [4.69, 9.17) is 5.11 Å². The fourth-order valence-electron chi connectivity index (χ4n) is 1.69. The summed E-state index contributed by atoms with van der Waals surface area (Å²) in [5, 5.41) is 12.7. The monoisotopic (exact) mass is 230 g/mol. The van der Waals surface area contributed by atoms with E-state index in [9.17, 15) is 4.79 Å². The standard InChI is InChI=1S/C13H14N2O2/c1-15-9-12(8-14-15)11-5-2-10(3-6-11)4-7-13(16)17/h2-3,5-6,8-9H,4,7H2,1H3,(H,16,17). The minimum atomic E-state index is -0.763. The van der Waals surface area contributed by atoms with E-state index in [0.29, 0.717) is 6.42 Å². The number of carboxylic acid groups (broad SMARTS) is 1. The highest BCUT2D eigenvalue weighted by atomic mass is 16.4. The lowest BCUT2D eigenvalue weighted by Gasteiger charge is -2.01. The molecule has 1 aromatic carbocycles. The molecule has 4 heteroatoms. The van der Waals surface area contributed by atoms with E-state index in [-0.39, 0.29) is 6.42 Å². The molecule has 0 amide bonds. The fourth-order valence-corrected chi connectivity index (χ4v) is 1.69. The van der Waals surface area contributed by atoms with Gasteiger partial charge in [0.15, 0.2) is 0 Å². The van der Waals surface area contributed by atoms with Crippen LogP contribution >= 0.6 is 0 Å². The van der Waals surface area contributed by atoms with E-state index in [1.807, 2.05) is 43.7 Å². The van der Waals surface area contributed by atoms with Crippen molar-refractivity contribution >= 4 is 5.97 Å². The Labute approximate surface area is 99.5 Å². The van der Waals surface area contributed by atoms with Crippen LogP contribution in [0.4, 0.5) is 0 Å². The van der Waals surface area contributed by atoms with Crippen molar-refractivity contribution in [2.75, 3.05) is 0 Å². The molecule has 0 bridgehead atoms. The van der Waals surface area contributed by atoms with Gasteiger partial charge in [0.2, 0.25) is 0 Å². The summed E-state index contributed by atoms with van der Waals surface area (Å²) < 4.78 is 1.76. The van der Waals surface area contributed by atoms with Crippen LogP contribution < -0.4 is 0 Å². The second-order valence-corrected chi connectivity index (χ2v) is 3.99. The van der Waals surface area contributed by atoms with E-state index < -0.39 is 5.97 Å². The van der Waals surface area contributed by atoms with Gasteiger partial charge in [0.05, 0.1) is 6.20 Å². The first-order valence-electron chi connectivity index (χ1n) is 5.45. The molecule has 0 radical (unpaired) electrons. The number of aromatic nitrogens is 2. The number of carbonyl (C=O) groups is 1. The van der Waals surface area contributed by atoms with Crippen molar-refractivity contribution in [1.82, 2.24) is 9.78 Å². The minimum Gasteiger partial charge on any atom is -0.481 e. The van der Waals surface area contributed by atoms with Gasteiger partial charge in [-0.25, -0.2) is 0 Å². The maximum atomic E-state index is 10.5. The topological polar surface area (TPSA) is 55.1 Å². The van der Waals surface area contributed by atoms with E-state index >= 15 is 0 Å². The van der Waals surface area contributed by atoms with Crippen molar-refractivity contribution in [2.45, 2.75) is 12.8 Å². The van der Waals surface area contributed by atoms with Crippen LogP contribution in [0.5, 0.6) is 0 Å². The highest BCUT2D eigenvalue weighted by Gasteiger charge is 2.02. The van der Waals surface area contributed by atoms with Crippen LogP contribution in [-0.4, -0.2) is 20.9 Å². The Morgan fingerprint density at radius 1 is 1.29 bits per heavy atom. The maximum absolute atomic E-state index is 10.5. The summed E-state index contributed by atoms with van der Waals surface area (Å²) in [5.41, 5.74) is 3.20. The van der Waals surface area contributed by atoms with Crippen LogP contribution in [0.2, 0.25) is 0 Å². The van der Waals surface area contributed by atoms with E-state index in [2.05, 4.69) is 5.10 Å². The third-order valence-electron chi connectivity index (χ3n) is 2.62. The molecule has 0 saturated carbocycles. The molecular formula is C13H14N2O2. The molecule has 88 valence electrons. The van der Waals surface area contributed by atoms with Crippen molar-refractivity contribution in [1.29, 1.82) is 0 Å². The van der Waals surface area contributed by atoms with E-state index in [1.165, 1.54) is 0 Å². The summed E-state index contributed by atoms with van der Waals surface area (Å²) in [4.78, 5) is 10.5. The van der Waals surface area contributed by atoms with E-state index in [1.54, 1.807) is 4.68 Å². The lowest BCUT2D eigenvalue weighted by molar-refractivity contribution is -0.136. The molecule has 17 heavy (non-hydrogen) atoms. The zero-order valence-corrected chi connectivity index (χ0v) is 9.63. The molecule has 0 saturated heterocycles. The van der Waals surface area contributed by atoms with Crippen molar-refractivity contribution in [3.8, 4) is 11.1 Å². The number of hydrogen-bond donors (Lipinski definition) is 1. The molecule has 4 nitrogen and oxygen atoms in total. The fraction of sp³-hybridized carbons (Fsp3) is 0.231. The molecule has 0 aliphatic rings. The van der Waals surface area contributed by atoms with Crippen LogP contribution in [0.3, 0.4) is 0 Å². The van der Waals surface area contributed by atoms with E-state index in [0.717, 1.165) is 16.7 Å². The molecule has 0 atom stereocenters. The number of aliphatic carboxylic acids is 1. The van der Waals surface area contributed by atoms with Gasteiger partial charge in [-0.1, -0.05) is 24.3 Å². The number of nitrogens with zero attached hydrogens (tertiary/aromatic N) is 2. The first kappa shape index (κ1) is 11.4. The van der Waals surface area contributed by atoms with Gasteiger partial charge in [-0.3, -0.25) is 9.48 Å². The number of benzene rings is 1. The Morgan fingerprint density at radius 3 is 2.53 bits per heavy atom. The Bertz CT molecular complexity index is 514. The largest absolute Gasteiger partial charge is 0.481 e. The first-order chi connectivity index (χ1) is 8.15. The van der Waals surface area contributed by atoms with Gasteiger partial charge in [0, 0.05) is 25.2 Å². The molecular weight excluding hydrogens is 216 g/mol. The second kappa shape index (κ2) is 4.82. The van der Waals surface area contributed by atoms with Gasteiger partial charge >= 0.3 is 5.97 Å². The first-order valence-corrected chi connectivity index (χ1v) is 5.45. The van der Waals surface area contributed by atoms with Gasteiger partial charge in [-0.05, 0) is 17.5 Å². The van der Waals surface area contributed by atoms with Gasteiger partial charge in [0.25, 0.3) is 0 Å². The number of aryl methyl sites for hydroxylation is 2. The molecule has 0 fully saturated rings. The molecule has 0 aliphatic heterocycles. The predicted molar refractivity (Wildman–Crippen MR) is 64.6 cm³/mol. The Hall–Kier alpha value is -2.10. The third-order valence-corrected chi connectivity index (χ3v) is 2.62. The highest BCUT2D eigenvalue weighted by Crippen LogP contribution is 2.19. The maximum Gasteiger partial charge on any atom is 0.303 e. The average Bonchev–Trinajstić information content (AvgIpc) is 2.74. The molecule has 0 unspecified atom stereocenters. The van der Waals surface area contributed by atoms with Crippen molar-refractivity contribution in [2.24, 2.45) is 7.05 Å². The molecule has 1 N–H and O–H groups in total. The van der Waals surface area contributed by atoms with Gasteiger partial charge in [-0.15, -0.1) is 0 Å². The molecule has 1 heterocycles. The van der Waals surface area contributed by atoms with Crippen LogP contribution in [0, 0.1) is 0 Å². The lowest BCUT2D eigenvalue weighted by Crippen LogP contribution is -1.97. The zero-order valence-electron chi connectivity index (χ0n) is 9.63. The highest BCUT2D eigenvalue weighted by molar-refractivity contribution is 5.67. The smallest absolute Gasteiger partial charge is 0.303 e. The Balaban J connectivity index is 2.10. The Morgan fingerprint density at radius 2 is 2.00 bits per heavy atom. The van der Waals surface area contributed by atoms with Crippen molar-refractivity contribution < 1.29 is 9.90 Å². The molecule has 2 aromatic rings. The van der Waals surface area contributed by atoms with Gasteiger partial charge in [0.1, 0.15) is 0 Å². The van der Waals surface area contributed by atoms with Crippen LogP contribution in [-0.2, 0) is 18.3 Å². The summed E-state index contributed by atoms with van der Waals surface area (Å²) in [7, 11) is 1.88. The van der Waals surface area contributed by atoms with Gasteiger partial charge < -0.3 is 5.11 Å². The normalized spacial score (nSPS) is 10.4. The molecule has 1 aromatic heterocycles. The number of hydrogen-bond acceptors (Lipinski definition) is 2. The van der Waals surface area contributed by atoms with Crippen LogP contribution in [0.25, 0.3) is 11.1 Å². The number of carboxylic acids is 1. The van der Waals surface area contributed by atoms with Crippen LogP contribution in [0.15, 0.2) is 36.7 Å². The minimum absolute atomic E-state index is 0.173. The summed E-state index contributed by atoms with van der Waals surface area (Å²) >= 11 is 0. The number of rotatable bonds is 4.